The van der Waals surface area contributed by atoms with E-state index in [0.717, 1.165) is 12.8 Å². The van der Waals surface area contributed by atoms with Gasteiger partial charge in [-0.3, -0.25) is 0 Å². The van der Waals surface area contributed by atoms with Crippen LogP contribution in [0.5, 0.6) is 0 Å². The Balaban J connectivity index is 0.000000218. The monoisotopic (exact) mass is 672 g/mol. The molecule has 6 aromatic carbocycles. The molecule has 0 N–H and O–H groups in total. The summed E-state index contributed by atoms with van der Waals surface area (Å²) in [6.07, 6.45) is 9.71. The van der Waals surface area contributed by atoms with Gasteiger partial charge >= 0.3 is 214 Å². The number of allylic oxidation sites excluding steroid dienone is 2. The molecule has 0 nitrogen and oxygen atoms in total. The van der Waals surface area contributed by atoms with Gasteiger partial charge in [-0.15, -0.1) is 0 Å². The Labute approximate surface area is 297 Å². The van der Waals surface area contributed by atoms with Crippen LogP contribution in [0.4, 0.5) is 0 Å². The van der Waals surface area contributed by atoms with E-state index >= 15 is 0 Å². The van der Waals surface area contributed by atoms with Gasteiger partial charge < -0.3 is 0 Å². The van der Waals surface area contributed by atoms with Crippen molar-refractivity contribution >= 4 is 30.7 Å². The second kappa shape index (κ2) is 15.4. The first-order valence-electron chi connectivity index (χ1n) is 17.0. The minimum Gasteiger partial charge on any atom is -0.0622 e. The molecule has 2 aliphatic carbocycles. The van der Waals surface area contributed by atoms with Crippen molar-refractivity contribution in [3.05, 3.63) is 214 Å². The van der Waals surface area contributed by atoms with Crippen molar-refractivity contribution < 1.29 is 19.2 Å². The number of hydrogen-bond acceptors (Lipinski definition) is 0. The van der Waals surface area contributed by atoms with E-state index in [1.807, 2.05) is 0 Å². The summed E-state index contributed by atoms with van der Waals surface area (Å²) in [6.45, 7) is 4.55. The fourth-order valence-corrected chi connectivity index (χ4v) is 13.2. The van der Waals surface area contributed by atoms with Gasteiger partial charge in [-0.2, -0.15) is 0 Å². The van der Waals surface area contributed by atoms with Crippen molar-refractivity contribution in [3.8, 4) is 0 Å². The minimum absolute atomic E-state index is 0.364. The molecule has 0 amide bonds. The molecule has 0 spiro atoms. The van der Waals surface area contributed by atoms with Crippen molar-refractivity contribution in [2.75, 3.05) is 0 Å². The maximum absolute atomic E-state index is 2.54. The topological polar surface area (TPSA) is 0 Å². The summed E-state index contributed by atoms with van der Waals surface area (Å²) >= 11 is -0.364. The number of benzene rings is 6. The molecule has 2 heteroatoms. The van der Waals surface area contributed by atoms with Crippen molar-refractivity contribution in [2.24, 2.45) is 0 Å². The van der Waals surface area contributed by atoms with E-state index in [9.17, 15) is 0 Å². The third kappa shape index (κ3) is 7.33. The quantitative estimate of drug-likeness (QED) is 0.112. The summed E-state index contributed by atoms with van der Waals surface area (Å²) < 4.78 is 1.13. The number of fused-ring (bicyclic) bond motifs is 2. The van der Waals surface area contributed by atoms with Crippen LogP contribution >= 0.6 is 7.92 Å². The molecule has 0 bridgehead atoms. The summed E-state index contributed by atoms with van der Waals surface area (Å²) in [7, 11) is -0.571. The van der Waals surface area contributed by atoms with Crippen molar-refractivity contribution in [1.82, 2.24) is 0 Å². The third-order valence-electron chi connectivity index (χ3n) is 9.42. The Morgan fingerprint density at radius 2 is 1.04 bits per heavy atom. The zero-order valence-corrected chi connectivity index (χ0v) is 30.2. The molecule has 2 atom stereocenters. The van der Waals surface area contributed by atoms with Crippen LogP contribution in [0.3, 0.4) is 0 Å². The van der Waals surface area contributed by atoms with Crippen molar-refractivity contribution in [2.45, 2.75) is 35.1 Å². The van der Waals surface area contributed by atoms with E-state index < -0.39 is 7.92 Å². The first-order chi connectivity index (χ1) is 23.7. The predicted molar refractivity (Wildman–Crippen MR) is 204 cm³/mol. The summed E-state index contributed by atoms with van der Waals surface area (Å²) in [5.41, 5.74) is 11.7. The number of aryl methyl sites for hydroxylation is 4. The Bertz CT molecular complexity index is 1930. The Morgan fingerprint density at radius 3 is 1.62 bits per heavy atom. The van der Waals surface area contributed by atoms with Gasteiger partial charge in [0.2, 0.25) is 0 Å². The number of rotatable bonds is 8. The Morgan fingerprint density at radius 1 is 0.542 bits per heavy atom. The fraction of sp³-hybridized carbons (Fsp3) is 0.130. The van der Waals surface area contributed by atoms with Crippen LogP contribution in [0, 0.1) is 13.8 Å². The van der Waals surface area contributed by atoms with E-state index in [-0.39, 0.29) is 19.2 Å². The fourth-order valence-electron chi connectivity index (χ4n) is 6.95. The zero-order chi connectivity index (χ0) is 32.7. The zero-order valence-electron chi connectivity index (χ0n) is 27.8. The minimum atomic E-state index is -0.571. The van der Waals surface area contributed by atoms with E-state index in [1.54, 1.807) is 16.4 Å². The van der Waals surface area contributed by atoms with Gasteiger partial charge in [-0.05, 0) is 24.0 Å². The second-order valence-corrected chi connectivity index (χ2v) is 17.3. The Hall–Kier alpha value is -4.06. The van der Waals surface area contributed by atoms with Crippen molar-refractivity contribution in [3.63, 3.8) is 0 Å². The van der Waals surface area contributed by atoms with Gasteiger partial charge in [0.25, 0.3) is 0 Å². The molecule has 0 radical (unpaired) electrons. The van der Waals surface area contributed by atoms with Gasteiger partial charge in [0, 0.05) is 0 Å². The predicted octanol–water partition coefficient (Wildman–Crippen LogP) is 11.2. The molecular weight excluding hydrogens is 631 g/mol. The average molecular weight is 673 g/mol. The second-order valence-electron chi connectivity index (χ2n) is 12.6. The largest absolute Gasteiger partial charge is 0.0622 e. The molecule has 48 heavy (non-hydrogen) atoms. The van der Waals surface area contributed by atoms with Gasteiger partial charge in [-0.1, -0.05) is 60.7 Å². The van der Waals surface area contributed by atoms with Crippen LogP contribution in [0.15, 0.2) is 169 Å². The maximum atomic E-state index is 2.54. The van der Waals surface area contributed by atoms with Crippen LogP contribution in [-0.4, -0.2) is 0 Å². The van der Waals surface area contributed by atoms with E-state index in [4.69, 9.17) is 0 Å². The van der Waals surface area contributed by atoms with Gasteiger partial charge in [0.15, 0.2) is 0 Å². The van der Waals surface area contributed by atoms with Crippen LogP contribution < -0.4 is 10.6 Å². The standard InChI is InChI=1S/C21H16P.C14H14.C11H11.Ti/c1-3-11-19(12-4-1)22(20-13-5-2-6-14-20)21-15-17-9-7-8-10-18(17)16-21;1-3-7-13(8-4-1)11-12-14-9-5-2-6-10-14;1-8-6-7-9(2)11-5-3-4-10(8)11;/h1-16H;1-10H,11-12H2;3-7H,1-2H3;. The number of hydrogen-bond donors (Lipinski definition) is 0. The first-order valence-corrected chi connectivity index (χ1v) is 20.1. The summed E-state index contributed by atoms with van der Waals surface area (Å²) in [4.78, 5) is 0. The summed E-state index contributed by atoms with van der Waals surface area (Å²) in [5.74, 6) is 0. The third-order valence-corrected chi connectivity index (χ3v) is 15.1. The molecule has 2 unspecified atom stereocenters. The van der Waals surface area contributed by atoms with E-state index in [1.165, 1.54) is 44.0 Å². The summed E-state index contributed by atoms with van der Waals surface area (Å²) in [5, 5.41) is 4.54. The first kappa shape index (κ1) is 32.5. The normalized spacial score (nSPS) is 15.7. The maximum Gasteiger partial charge on any atom is -0.0238 e. The SMILES string of the molecule is Cc1ccc(C)c2c1C=C[CH]2[Ti][CH]1C(P(c2ccccc2)c2ccccc2)=Cc2ccccc21.c1ccc(CCc2ccccc2)cc1. The molecule has 0 saturated heterocycles. The molecule has 0 aromatic heterocycles. The van der Waals surface area contributed by atoms with Gasteiger partial charge in [0.1, 0.15) is 0 Å². The molecular formula is C46H41PTi. The van der Waals surface area contributed by atoms with Crippen LogP contribution in [-0.2, 0) is 32.0 Å². The smallest absolute Gasteiger partial charge is 0.0238 e. The van der Waals surface area contributed by atoms with E-state index in [2.05, 4.69) is 190 Å². The molecule has 0 heterocycles. The van der Waals surface area contributed by atoms with Crippen LogP contribution in [0.1, 0.15) is 53.0 Å². The molecule has 0 aliphatic heterocycles. The average Bonchev–Trinajstić information content (AvgIpc) is 3.74. The molecule has 6 aromatic rings. The summed E-state index contributed by atoms with van der Waals surface area (Å²) in [6, 6.07) is 57.4. The molecule has 234 valence electrons. The molecule has 0 fully saturated rings. The van der Waals surface area contributed by atoms with Crippen LogP contribution in [0.2, 0.25) is 0 Å². The van der Waals surface area contributed by atoms with Crippen LogP contribution in [0.25, 0.3) is 12.2 Å². The van der Waals surface area contributed by atoms with E-state index in [0.29, 0.717) is 8.45 Å². The van der Waals surface area contributed by atoms with Gasteiger partial charge in [0.05, 0.1) is 0 Å². The Kier molecular flexibility index (Phi) is 10.5. The molecule has 8 rings (SSSR count). The van der Waals surface area contributed by atoms with Crippen molar-refractivity contribution in [1.29, 1.82) is 0 Å². The molecule has 0 saturated carbocycles. The van der Waals surface area contributed by atoms with Gasteiger partial charge in [-0.25, -0.2) is 0 Å². The molecule has 2 aliphatic rings.